The molecule has 0 fully saturated rings. The highest BCUT2D eigenvalue weighted by molar-refractivity contribution is 7.78. The number of fused-ring (bicyclic) bond motifs is 1. The van der Waals surface area contributed by atoms with Crippen LogP contribution in [0.5, 0.6) is 17.2 Å². The van der Waals surface area contributed by atoms with E-state index < -0.39 is 5.91 Å². The first-order valence-electron chi connectivity index (χ1n) is 10.1. The summed E-state index contributed by atoms with van der Waals surface area (Å²) in [5.41, 5.74) is 6.99. The highest BCUT2D eigenvalue weighted by Crippen LogP contribution is 2.35. The Bertz CT molecular complexity index is 1180. The Morgan fingerprint density at radius 2 is 2.00 bits per heavy atom. The number of nitrogens with zero attached hydrogens (tertiary/aromatic N) is 3. The summed E-state index contributed by atoms with van der Waals surface area (Å²) in [6.07, 6.45) is 1.62. The monoisotopic (exact) mass is 470 g/mol. The van der Waals surface area contributed by atoms with E-state index in [1.54, 1.807) is 42.6 Å². The van der Waals surface area contributed by atoms with Gasteiger partial charge in [-0.15, -0.1) is 0 Å². The number of pyridine rings is 1. The second-order valence-corrected chi connectivity index (χ2v) is 7.42. The fourth-order valence-corrected chi connectivity index (χ4v) is 3.50. The summed E-state index contributed by atoms with van der Waals surface area (Å²) in [7, 11) is 0. The molecule has 0 saturated heterocycles. The lowest BCUT2D eigenvalue weighted by molar-refractivity contribution is 0.0995. The normalized spacial score (nSPS) is 10.8. The zero-order valence-corrected chi connectivity index (χ0v) is 19.4. The van der Waals surface area contributed by atoms with Crippen LogP contribution in [0.15, 0.2) is 47.6 Å². The number of aliphatic imine (C=N–C) groups is 1. The van der Waals surface area contributed by atoms with Crippen molar-refractivity contribution in [2.24, 2.45) is 10.7 Å². The average molecular weight is 471 g/mol. The quantitative estimate of drug-likeness (QED) is 0.322. The van der Waals surface area contributed by atoms with Crippen molar-refractivity contribution < 1.29 is 14.3 Å². The molecule has 0 aliphatic carbocycles. The Balaban J connectivity index is 1.92. The van der Waals surface area contributed by atoms with E-state index in [1.165, 1.54) is 0 Å². The molecule has 1 heterocycles. The fourth-order valence-electron chi connectivity index (χ4n) is 3.19. The maximum absolute atomic E-state index is 12.1. The number of aromatic nitrogens is 1. The third-order valence-corrected chi connectivity index (χ3v) is 5.33. The predicted octanol–water partition coefficient (Wildman–Crippen LogP) is 5.23. The molecule has 0 saturated carbocycles. The van der Waals surface area contributed by atoms with Crippen LogP contribution >= 0.6 is 23.8 Å². The van der Waals surface area contributed by atoms with Crippen molar-refractivity contribution in [1.29, 1.82) is 0 Å². The number of hydrogen-bond donors (Lipinski definition) is 1. The van der Waals surface area contributed by atoms with Crippen LogP contribution in [0.1, 0.15) is 24.2 Å². The number of halogens is 1. The van der Waals surface area contributed by atoms with Crippen molar-refractivity contribution in [2.45, 2.75) is 13.8 Å². The topological polar surface area (TPSA) is 90.0 Å². The molecule has 2 N–H and O–H groups in total. The Morgan fingerprint density at radius 1 is 1.22 bits per heavy atom. The molecule has 32 heavy (non-hydrogen) atoms. The average Bonchev–Trinajstić information content (AvgIpc) is 2.78. The predicted molar refractivity (Wildman–Crippen MR) is 130 cm³/mol. The molecule has 0 spiro atoms. The van der Waals surface area contributed by atoms with Gasteiger partial charge in [-0.3, -0.25) is 9.78 Å². The molecule has 0 atom stereocenters. The van der Waals surface area contributed by atoms with Crippen LogP contribution in [0.25, 0.3) is 10.9 Å². The molecule has 7 nitrogen and oxygen atoms in total. The number of likely N-dealkylation sites (N-methyl/N-ethyl adjacent to an activating group) is 1. The lowest BCUT2D eigenvalue weighted by atomic mass is 10.1. The molecule has 3 aromatic rings. The molecule has 166 valence electrons. The standard InChI is InChI=1S/C23H23ClN4O3S/c1-3-28(4-2)9-10-30-22-13-20-16(12-17(22)23(25)29)21(7-8-26-20)31-15-5-6-19(27-14-32)18(24)11-15/h5-8,11-13H,3-4,9-10H2,1-2H3,(H2,25,29). The Labute approximate surface area is 196 Å². The summed E-state index contributed by atoms with van der Waals surface area (Å²) in [5.74, 6) is 0.789. The zero-order valence-electron chi connectivity index (χ0n) is 17.8. The molecule has 0 aliphatic rings. The SMILES string of the molecule is CCN(CC)CCOc1cc2nccc(Oc3ccc(N=C=S)c(Cl)c3)c2cc1C(N)=O. The highest BCUT2D eigenvalue weighted by atomic mass is 35.5. The lowest BCUT2D eigenvalue weighted by Gasteiger charge is -2.19. The molecular weight excluding hydrogens is 448 g/mol. The summed E-state index contributed by atoms with van der Waals surface area (Å²) < 4.78 is 11.9. The molecule has 0 bridgehead atoms. The second-order valence-electron chi connectivity index (χ2n) is 6.83. The minimum absolute atomic E-state index is 0.263. The van der Waals surface area contributed by atoms with E-state index in [-0.39, 0.29) is 5.56 Å². The molecular formula is C23H23ClN4O3S. The second kappa shape index (κ2) is 11.0. The number of primary amides is 1. The van der Waals surface area contributed by atoms with Gasteiger partial charge >= 0.3 is 0 Å². The molecule has 2 aromatic carbocycles. The van der Waals surface area contributed by atoms with Crippen LogP contribution in [0, 0.1) is 0 Å². The molecule has 1 amide bonds. The van der Waals surface area contributed by atoms with Crippen LogP contribution in [0.4, 0.5) is 5.69 Å². The van der Waals surface area contributed by atoms with Crippen molar-refractivity contribution in [1.82, 2.24) is 9.88 Å². The van der Waals surface area contributed by atoms with Crippen molar-refractivity contribution in [3.63, 3.8) is 0 Å². The maximum atomic E-state index is 12.1. The van der Waals surface area contributed by atoms with E-state index in [9.17, 15) is 4.79 Å². The van der Waals surface area contributed by atoms with Gasteiger partial charge in [0.25, 0.3) is 5.91 Å². The van der Waals surface area contributed by atoms with E-state index in [2.05, 4.69) is 46.1 Å². The van der Waals surface area contributed by atoms with Crippen LogP contribution in [0.2, 0.25) is 5.02 Å². The van der Waals surface area contributed by atoms with Gasteiger partial charge in [-0.2, -0.15) is 4.99 Å². The number of carbonyl (C=O) groups is 1. The van der Waals surface area contributed by atoms with E-state index in [0.29, 0.717) is 45.5 Å². The van der Waals surface area contributed by atoms with Crippen LogP contribution in [-0.4, -0.2) is 47.2 Å². The lowest BCUT2D eigenvalue weighted by Crippen LogP contribution is -2.28. The molecule has 0 radical (unpaired) electrons. The summed E-state index contributed by atoms with van der Waals surface area (Å²) in [6, 6.07) is 10.1. The Hall–Kier alpha value is -3.03. The molecule has 1 aromatic heterocycles. The van der Waals surface area contributed by atoms with Gasteiger partial charge in [0.05, 0.1) is 27.0 Å². The van der Waals surface area contributed by atoms with Gasteiger partial charge in [0.15, 0.2) is 0 Å². The van der Waals surface area contributed by atoms with Crippen LogP contribution < -0.4 is 15.2 Å². The van der Waals surface area contributed by atoms with Gasteiger partial charge < -0.3 is 20.1 Å². The van der Waals surface area contributed by atoms with Crippen molar-refractivity contribution in [3.8, 4) is 17.2 Å². The Morgan fingerprint density at radius 3 is 2.66 bits per heavy atom. The number of ether oxygens (including phenoxy) is 2. The number of benzene rings is 2. The highest BCUT2D eigenvalue weighted by Gasteiger charge is 2.16. The molecule has 0 unspecified atom stereocenters. The zero-order chi connectivity index (χ0) is 23.1. The van der Waals surface area contributed by atoms with Crippen molar-refractivity contribution in [2.75, 3.05) is 26.2 Å². The first-order chi connectivity index (χ1) is 15.5. The Kier molecular flexibility index (Phi) is 8.14. The minimum atomic E-state index is -0.593. The van der Waals surface area contributed by atoms with Gasteiger partial charge in [-0.25, -0.2) is 0 Å². The van der Waals surface area contributed by atoms with E-state index in [4.69, 9.17) is 26.8 Å². The smallest absolute Gasteiger partial charge is 0.252 e. The first kappa shape index (κ1) is 23.6. The summed E-state index contributed by atoms with van der Waals surface area (Å²) >= 11 is 10.8. The minimum Gasteiger partial charge on any atom is -0.491 e. The molecule has 9 heteroatoms. The summed E-state index contributed by atoms with van der Waals surface area (Å²) in [6.45, 7) is 7.19. The number of hydrogen-bond acceptors (Lipinski definition) is 7. The number of amides is 1. The molecule has 3 rings (SSSR count). The van der Waals surface area contributed by atoms with Gasteiger partial charge in [0.2, 0.25) is 0 Å². The summed E-state index contributed by atoms with van der Waals surface area (Å²) in [4.78, 5) is 22.6. The largest absolute Gasteiger partial charge is 0.491 e. The van der Waals surface area contributed by atoms with E-state index in [1.807, 2.05) is 0 Å². The number of isothiocyanates is 1. The van der Waals surface area contributed by atoms with Gasteiger partial charge in [-0.1, -0.05) is 25.4 Å². The van der Waals surface area contributed by atoms with Crippen LogP contribution in [0.3, 0.4) is 0 Å². The third-order valence-electron chi connectivity index (χ3n) is 4.94. The van der Waals surface area contributed by atoms with E-state index >= 15 is 0 Å². The van der Waals surface area contributed by atoms with Gasteiger partial charge in [0.1, 0.15) is 23.9 Å². The number of carbonyl (C=O) groups excluding carboxylic acids is 1. The fraction of sp³-hybridized carbons (Fsp3) is 0.261. The summed E-state index contributed by atoms with van der Waals surface area (Å²) in [5, 5.41) is 3.28. The third kappa shape index (κ3) is 5.60. The first-order valence-corrected chi connectivity index (χ1v) is 10.9. The number of rotatable bonds is 10. The van der Waals surface area contributed by atoms with Gasteiger partial charge in [0, 0.05) is 30.3 Å². The van der Waals surface area contributed by atoms with E-state index in [0.717, 1.165) is 19.6 Å². The number of nitrogens with two attached hydrogens (primary N) is 1. The van der Waals surface area contributed by atoms with Gasteiger partial charge in [-0.05, 0) is 49.6 Å². The molecule has 0 aliphatic heterocycles. The van der Waals surface area contributed by atoms with Crippen molar-refractivity contribution >= 4 is 51.5 Å². The van der Waals surface area contributed by atoms with Crippen LogP contribution in [-0.2, 0) is 0 Å². The maximum Gasteiger partial charge on any atom is 0.252 e. The van der Waals surface area contributed by atoms with Crippen molar-refractivity contribution in [3.05, 3.63) is 53.2 Å². The number of thiocarbonyl (C=S) groups is 1.